The molecule has 0 aliphatic heterocycles. The Balaban J connectivity index is 2.21. The zero-order chi connectivity index (χ0) is 24.2. The highest BCUT2D eigenvalue weighted by atomic mass is 16.4. The summed E-state index contributed by atoms with van der Waals surface area (Å²) in [6.07, 6.45) is 8.63. The Morgan fingerprint density at radius 3 is 2.55 bits per heavy atom. The van der Waals surface area contributed by atoms with Crippen molar-refractivity contribution < 1.29 is 19.5 Å². The first kappa shape index (κ1) is 25.9. The highest BCUT2D eigenvalue weighted by Gasteiger charge is 2.28. The highest BCUT2D eigenvalue weighted by molar-refractivity contribution is 5.93. The van der Waals surface area contributed by atoms with Crippen molar-refractivity contribution in [2.75, 3.05) is 20.1 Å². The van der Waals surface area contributed by atoms with Gasteiger partial charge in [-0.05, 0) is 43.7 Å². The number of allylic oxidation sites excluding steroid dienone is 2. The average molecular weight is 454 g/mol. The number of hydrogen-bond acceptors (Lipinski definition) is 3. The molecule has 2 amide bonds. The van der Waals surface area contributed by atoms with Crippen LogP contribution in [0.15, 0.2) is 55.8 Å². The lowest BCUT2D eigenvalue weighted by Gasteiger charge is -2.25. The minimum absolute atomic E-state index is 0.0921. The fourth-order valence-electron chi connectivity index (χ4n) is 3.95. The number of para-hydroxylation sites is 1. The maximum Gasteiger partial charge on any atom is 0.304 e. The number of aliphatic carboxylic acids is 1. The molecule has 2 atom stereocenters. The number of fused-ring (bicyclic) bond motifs is 1. The summed E-state index contributed by atoms with van der Waals surface area (Å²) >= 11 is 0. The van der Waals surface area contributed by atoms with E-state index >= 15 is 0 Å². The van der Waals surface area contributed by atoms with Crippen molar-refractivity contribution in [2.24, 2.45) is 5.92 Å². The summed E-state index contributed by atoms with van der Waals surface area (Å²) in [6, 6.07) is 7.72. The second kappa shape index (κ2) is 13.3. The zero-order valence-electron chi connectivity index (χ0n) is 19.4. The molecule has 7 nitrogen and oxygen atoms in total. The summed E-state index contributed by atoms with van der Waals surface area (Å²) in [5, 5.41) is 13.0. The van der Waals surface area contributed by atoms with Crippen LogP contribution in [-0.2, 0) is 14.4 Å². The molecule has 2 aromatic rings. The van der Waals surface area contributed by atoms with E-state index in [1.54, 1.807) is 18.0 Å². The number of aromatic nitrogens is 1. The van der Waals surface area contributed by atoms with E-state index in [0.29, 0.717) is 19.4 Å². The van der Waals surface area contributed by atoms with Crippen LogP contribution in [-0.4, -0.2) is 52.9 Å². The minimum Gasteiger partial charge on any atom is -0.481 e. The van der Waals surface area contributed by atoms with E-state index in [-0.39, 0.29) is 24.8 Å². The van der Waals surface area contributed by atoms with Crippen molar-refractivity contribution in [1.82, 2.24) is 15.2 Å². The second-order valence-corrected chi connectivity index (χ2v) is 8.29. The van der Waals surface area contributed by atoms with Crippen molar-refractivity contribution >= 4 is 28.7 Å². The Bertz CT molecular complexity index is 965. The quantitative estimate of drug-likeness (QED) is 0.277. The number of aromatic amines is 1. The van der Waals surface area contributed by atoms with E-state index in [1.807, 2.05) is 36.5 Å². The van der Waals surface area contributed by atoms with Gasteiger partial charge in [-0.3, -0.25) is 14.4 Å². The molecule has 0 unspecified atom stereocenters. The van der Waals surface area contributed by atoms with E-state index in [2.05, 4.69) is 23.5 Å². The molecule has 178 valence electrons. The van der Waals surface area contributed by atoms with Gasteiger partial charge in [0.2, 0.25) is 11.8 Å². The van der Waals surface area contributed by atoms with Crippen molar-refractivity contribution in [3.05, 3.63) is 61.3 Å². The van der Waals surface area contributed by atoms with Crippen LogP contribution >= 0.6 is 0 Å². The van der Waals surface area contributed by atoms with Gasteiger partial charge in [0, 0.05) is 43.2 Å². The lowest BCUT2D eigenvalue weighted by atomic mass is 9.94. The number of nitrogens with one attached hydrogen (secondary N) is 2. The Morgan fingerprint density at radius 2 is 1.85 bits per heavy atom. The molecule has 0 aliphatic carbocycles. The van der Waals surface area contributed by atoms with E-state index in [0.717, 1.165) is 35.7 Å². The fraction of sp³-hybridized carbons (Fsp3) is 0.423. The van der Waals surface area contributed by atoms with Gasteiger partial charge in [0.15, 0.2) is 0 Å². The molecule has 0 saturated heterocycles. The maximum atomic E-state index is 13.4. The Labute approximate surface area is 195 Å². The molecule has 0 saturated carbocycles. The molecule has 0 bridgehead atoms. The number of rotatable bonds is 15. The summed E-state index contributed by atoms with van der Waals surface area (Å²) in [7, 11) is 1.76. The molecular weight excluding hydrogens is 418 g/mol. The molecule has 1 aromatic carbocycles. The first-order chi connectivity index (χ1) is 15.9. The standard InChI is InChI=1S/C26H35N3O4/c1-4-6-8-12-19(16-24(30)31)25(32)28-18-22(26(33)29(3)15-11-7-5-2)21-17-27-23-14-10-9-13-20(21)23/h4-5,9-10,13-14,17,19,22,27H,1-2,6-8,11-12,15-16,18H2,3H3,(H,28,32)(H,30,31)/t19-,22+/m1/s1. The molecule has 0 spiro atoms. The zero-order valence-corrected chi connectivity index (χ0v) is 19.4. The summed E-state index contributed by atoms with van der Waals surface area (Å²) in [6.45, 7) is 8.08. The first-order valence-corrected chi connectivity index (χ1v) is 11.4. The predicted molar refractivity (Wildman–Crippen MR) is 131 cm³/mol. The van der Waals surface area contributed by atoms with Gasteiger partial charge in [-0.25, -0.2) is 0 Å². The number of carboxylic acids is 1. The molecular formula is C26H35N3O4. The third-order valence-electron chi connectivity index (χ3n) is 5.81. The smallest absolute Gasteiger partial charge is 0.304 e. The molecule has 0 fully saturated rings. The average Bonchev–Trinajstić information content (AvgIpc) is 3.22. The second-order valence-electron chi connectivity index (χ2n) is 8.29. The van der Waals surface area contributed by atoms with Gasteiger partial charge in [-0.1, -0.05) is 30.4 Å². The Morgan fingerprint density at radius 1 is 1.15 bits per heavy atom. The van der Waals surface area contributed by atoms with E-state index in [1.165, 1.54) is 0 Å². The summed E-state index contributed by atoms with van der Waals surface area (Å²) in [5.74, 6) is -2.68. The SMILES string of the molecule is C=CCCC[C@H](CC(=O)O)C(=O)NC[C@H](C(=O)N(C)CCCC=C)c1c[nH]c2ccccc12. The third kappa shape index (κ3) is 7.63. The van der Waals surface area contributed by atoms with Gasteiger partial charge in [-0.15, -0.1) is 13.2 Å². The minimum atomic E-state index is -1.01. The number of carbonyl (C=O) groups excluding carboxylic acids is 2. The molecule has 2 rings (SSSR count). The molecule has 1 heterocycles. The number of carboxylic acid groups (broad SMARTS) is 1. The normalized spacial score (nSPS) is 12.6. The van der Waals surface area contributed by atoms with Gasteiger partial charge < -0.3 is 20.3 Å². The van der Waals surface area contributed by atoms with Crippen LogP contribution in [0.5, 0.6) is 0 Å². The van der Waals surface area contributed by atoms with E-state index in [4.69, 9.17) is 0 Å². The number of amides is 2. The Kier molecular flexibility index (Phi) is 10.4. The molecule has 33 heavy (non-hydrogen) atoms. The fourth-order valence-corrected chi connectivity index (χ4v) is 3.95. The van der Waals surface area contributed by atoms with Gasteiger partial charge in [0.25, 0.3) is 0 Å². The lowest BCUT2D eigenvalue weighted by Crippen LogP contribution is -2.41. The largest absolute Gasteiger partial charge is 0.481 e. The molecule has 7 heteroatoms. The summed E-state index contributed by atoms with van der Waals surface area (Å²) in [4.78, 5) is 42.4. The number of H-pyrrole nitrogens is 1. The van der Waals surface area contributed by atoms with Gasteiger partial charge in [0.05, 0.1) is 12.3 Å². The third-order valence-corrected chi connectivity index (χ3v) is 5.81. The molecule has 3 N–H and O–H groups in total. The predicted octanol–water partition coefficient (Wildman–Crippen LogP) is 4.24. The van der Waals surface area contributed by atoms with Crippen LogP contribution in [0.25, 0.3) is 10.9 Å². The number of hydrogen-bond donors (Lipinski definition) is 3. The van der Waals surface area contributed by atoms with E-state index in [9.17, 15) is 19.5 Å². The van der Waals surface area contributed by atoms with Crippen LogP contribution in [0, 0.1) is 5.92 Å². The number of unbranched alkanes of at least 4 members (excludes halogenated alkanes) is 2. The van der Waals surface area contributed by atoms with Gasteiger partial charge >= 0.3 is 5.97 Å². The first-order valence-electron chi connectivity index (χ1n) is 11.4. The summed E-state index contributed by atoms with van der Waals surface area (Å²) in [5.41, 5.74) is 1.73. The van der Waals surface area contributed by atoms with Crippen molar-refractivity contribution in [3.63, 3.8) is 0 Å². The number of nitrogens with zero attached hydrogens (tertiary/aromatic N) is 1. The molecule has 0 aliphatic rings. The number of likely N-dealkylation sites (N-methyl/N-ethyl adjacent to an activating group) is 1. The van der Waals surface area contributed by atoms with Gasteiger partial charge in [0.1, 0.15) is 0 Å². The highest BCUT2D eigenvalue weighted by Crippen LogP contribution is 2.27. The molecule has 0 radical (unpaired) electrons. The van der Waals surface area contributed by atoms with Crippen LogP contribution in [0.1, 0.15) is 50.0 Å². The van der Waals surface area contributed by atoms with Crippen LogP contribution < -0.4 is 5.32 Å². The monoisotopic (exact) mass is 453 g/mol. The van der Waals surface area contributed by atoms with Crippen LogP contribution in [0.2, 0.25) is 0 Å². The van der Waals surface area contributed by atoms with Crippen molar-refractivity contribution in [2.45, 2.75) is 44.4 Å². The maximum absolute atomic E-state index is 13.4. The lowest BCUT2D eigenvalue weighted by molar-refractivity contribution is -0.141. The van der Waals surface area contributed by atoms with Crippen LogP contribution in [0.3, 0.4) is 0 Å². The summed E-state index contributed by atoms with van der Waals surface area (Å²) < 4.78 is 0. The number of carbonyl (C=O) groups is 3. The topological polar surface area (TPSA) is 102 Å². The van der Waals surface area contributed by atoms with E-state index < -0.39 is 17.8 Å². The van der Waals surface area contributed by atoms with Crippen molar-refractivity contribution in [3.8, 4) is 0 Å². The number of benzene rings is 1. The van der Waals surface area contributed by atoms with Crippen LogP contribution in [0.4, 0.5) is 0 Å². The molecule has 1 aromatic heterocycles. The van der Waals surface area contributed by atoms with Crippen molar-refractivity contribution in [1.29, 1.82) is 0 Å². The van der Waals surface area contributed by atoms with Gasteiger partial charge in [-0.2, -0.15) is 0 Å². The Hall–Kier alpha value is -3.35.